The van der Waals surface area contributed by atoms with Crippen molar-refractivity contribution in [2.75, 3.05) is 10.2 Å². The Labute approximate surface area is 204 Å². The van der Waals surface area contributed by atoms with E-state index in [4.69, 9.17) is 28.0 Å². The van der Waals surface area contributed by atoms with Crippen molar-refractivity contribution in [3.8, 4) is 0 Å². The Balaban J connectivity index is 1.57. The third-order valence-corrected chi connectivity index (χ3v) is 7.02. The Morgan fingerprint density at radius 3 is 2.58 bits per heavy atom. The van der Waals surface area contributed by atoms with Crippen LogP contribution in [-0.4, -0.2) is 23.3 Å². The Hall–Kier alpha value is -3.13. The fraction of sp³-hybridized carbons (Fsp3) is 0.125. The average molecular weight is 498 g/mol. The maximum atomic E-state index is 13.7. The number of nitrogens with zero attached hydrogens (tertiary/aromatic N) is 2. The van der Waals surface area contributed by atoms with Crippen molar-refractivity contribution in [1.29, 1.82) is 0 Å². The molecule has 1 spiro atoms. The van der Waals surface area contributed by atoms with Gasteiger partial charge in [0, 0.05) is 27.0 Å². The molecule has 2 aliphatic heterocycles. The molecule has 6 nitrogen and oxygen atoms in total. The number of hydrogen-bond acceptors (Lipinski definition) is 5. The Morgan fingerprint density at radius 1 is 1.12 bits per heavy atom. The van der Waals surface area contributed by atoms with E-state index in [0.29, 0.717) is 39.1 Å². The third kappa shape index (κ3) is 3.72. The standard InChI is InChI=1S/C24H17Cl2N3O3S/c1-14-21(22(30)27-17-7-2-5-15(25)11-17)23(31)29(18-8-3-6-16(26)12-18)24(14)13-19(28-32-24)20-9-4-10-33-20/h2-12H,13H2,1H3,(H,27,30). The van der Waals surface area contributed by atoms with Crippen molar-refractivity contribution in [3.05, 3.63) is 92.1 Å². The van der Waals surface area contributed by atoms with Crippen molar-refractivity contribution in [3.63, 3.8) is 0 Å². The zero-order valence-corrected chi connectivity index (χ0v) is 19.7. The summed E-state index contributed by atoms with van der Waals surface area (Å²) in [5.41, 5.74) is 0.918. The van der Waals surface area contributed by atoms with Gasteiger partial charge in [-0.2, -0.15) is 0 Å². The summed E-state index contributed by atoms with van der Waals surface area (Å²) in [6.07, 6.45) is 0.297. The van der Waals surface area contributed by atoms with Gasteiger partial charge in [-0.05, 0) is 54.8 Å². The molecular weight excluding hydrogens is 481 g/mol. The fourth-order valence-electron chi connectivity index (χ4n) is 4.09. The van der Waals surface area contributed by atoms with Crippen LogP contribution in [0.4, 0.5) is 11.4 Å². The lowest BCUT2D eigenvalue weighted by molar-refractivity contribution is -0.120. The normalized spacial score (nSPS) is 19.8. The molecule has 1 unspecified atom stereocenters. The summed E-state index contributed by atoms with van der Waals surface area (Å²) in [7, 11) is 0. The molecule has 0 bridgehead atoms. The van der Waals surface area contributed by atoms with Crippen molar-refractivity contribution >= 4 is 63.4 Å². The van der Waals surface area contributed by atoms with E-state index in [1.807, 2.05) is 17.5 Å². The number of rotatable bonds is 4. The van der Waals surface area contributed by atoms with Gasteiger partial charge in [0.05, 0.1) is 11.3 Å². The van der Waals surface area contributed by atoms with Crippen molar-refractivity contribution in [1.82, 2.24) is 0 Å². The number of thiophene rings is 1. The maximum Gasteiger partial charge on any atom is 0.267 e. The van der Waals surface area contributed by atoms with Gasteiger partial charge >= 0.3 is 0 Å². The van der Waals surface area contributed by atoms with Crippen LogP contribution in [0.15, 0.2) is 82.3 Å². The quantitative estimate of drug-likeness (QED) is 0.457. The van der Waals surface area contributed by atoms with E-state index in [9.17, 15) is 9.59 Å². The van der Waals surface area contributed by atoms with Gasteiger partial charge < -0.3 is 10.2 Å². The summed E-state index contributed by atoms with van der Waals surface area (Å²) >= 11 is 13.8. The molecule has 0 radical (unpaired) electrons. The molecule has 0 fully saturated rings. The van der Waals surface area contributed by atoms with Crippen LogP contribution in [-0.2, 0) is 14.4 Å². The van der Waals surface area contributed by atoms with Crippen LogP contribution in [0.25, 0.3) is 0 Å². The zero-order valence-electron chi connectivity index (χ0n) is 17.3. The molecule has 0 saturated carbocycles. The number of halogens is 2. The predicted molar refractivity (Wildman–Crippen MR) is 131 cm³/mol. The second kappa shape index (κ2) is 8.33. The lowest BCUT2D eigenvalue weighted by atomic mass is 9.96. The van der Waals surface area contributed by atoms with Crippen molar-refractivity contribution in [2.24, 2.45) is 5.16 Å². The van der Waals surface area contributed by atoms with E-state index in [0.717, 1.165) is 4.88 Å². The molecule has 1 aromatic heterocycles. The Kier molecular flexibility index (Phi) is 5.48. The number of anilines is 2. The van der Waals surface area contributed by atoms with Gasteiger partial charge in [-0.3, -0.25) is 14.5 Å². The molecular formula is C24H17Cl2N3O3S. The number of amides is 2. The first-order chi connectivity index (χ1) is 15.9. The van der Waals surface area contributed by atoms with E-state index >= 15 is 0 Å². The first-order valence-corrected chi connectivity index (χ1v) is 11.7. The number of hydrogen-bond donors (Lipinski definition) is 1. The second-order valence-electron chi connectivity index (χ2n) is 7.65. The maximum absolute atomic E-state index is 13.7. The van der Waals surface area contributed by atoms with E-state index in [-0.39, 0.29) is 5.57 Å². The summed E-state index contributed by atoms with van der Waals surface area (Å²) in [4.78, 5) is 35.3. The summed E-state index contributed by atoms with van der Waals surface area (Å²) in [6, 6.07) is 17.5. The number of carbonyl (C=O) groups is 2. The summed E-state index contributed by atoms with van der Waals surface area (Å²) < 4.78 is 0. The molecule has 2 aliphatic rings. The van der Waals surface area contributed by atoms with Gasteiger partial charge in [0.15, 0.2) is 0 Å². The highest BCUT2D eigenvalue weighted by Gasteiger charge is 2.58. The smallest absolute Gasteiger partial charge is 0.267 e. The van der Waals surface area contributed by atoms with E-state index in [2.05, 4.69) is 10.5 Å². The minimum Gasteiger partial charge on any atom is -0.361 e. The number of oxime groups is 1. The van der Waals surface area contributed by atoms with Gasteiger partial charge in [0.25, 0.3) is 11.8 Å². The average Bonchev–Trinajstić information content (AvgIpc) is 3.48. The van der Waals surface area contributed by atoms with Crippen LogP contribution in [0.5, 0.6) is 0 Å². The van der Waals surface area contributed by atoms with Crippen LogP contribution in [0.1, 0.15) is 18.2 Å². The SMILES string of the molecule is CC1=C(C(=O)Nc2cccc(Cl)c2)C(=O)N(c2cccc(Cl)c2)C12CC(c1cccs1)=NO2. The lowest BCUT2D eigenvalue weighted by Crippen LogP contribution is -2.49. The molecule has 166 valence electrons. The van der Waals surface area contributed by atoms with Gasteiger partial charge in [-0.25, -0.2) is 0 Å². The van der Waals surface area contributed by atoms with E-state index < -0.39 is 17.5 Å². The molecule has 2 aromatic carbocycles. The van der Waals surface area contributed by atoms with Crippen LogP contribution < -0.4 is 10.2 Å². The summed E-state index contributed by atoms with van der Waals surface area (Å²) in [6.45, 7) is 1.72. The first-order valence-electron chi connectivity index (χ1n) is 10.1. The largest absolute Gasteiger partial charge is 0.361 e. The molecule has 1 N–H and O–H groups in total. The third-order valence-electron chi connectivity index (χ3n) is 5.63. The molecule has 9 heteroatoms. The second-order valence-corrected chi connectivity index (χ2v) is 9.47. The molecule has 5 rings (SSSR count). The van der Waals surface area contributed by atoms with Gasteiger partial charge in [-0.15, -0.1) is 11.3 Å². The van der Waals surface area contributed by atoms with Crippen LogP contribution >= 0.6 is 34.5 Å². The topological polar surface area (TPSA) is 71.0 Å². The molecule has 0 saturated heterocycles. The molecule has 1 atom stereocenters. The monoisotopic (exact) mass is 497 g/mol. The lowest BCUT2D eigenvalue weighted by Gasteiger charge is -2.34. The minimum atomic E-state index is -1.26. The van der Waals surface area contributed by atoms with Gasteiger partial charge in [0.1, 0.15) is 11.3 Å². The van der Waals surface area contributed by atoms with Crippen molar-refractivity contribution < 1.29 is 14.4 Å². The van der Waals surface area contributed by atoms with Crippen LogP contribution in [0.2, 0.25) is 10.0 Å². The molecule has 33 heavy (non-hydrogen) atoms. The van der Waals surface area contributed by atoms with Crippen molar-refractivity contribution in [2.45, 2.75) is 19.1 Å². The Morgan fingerprint density at radius 2 is 1.88 bits per heavy atom. The van der Waals surface area contributed by atoms with Crippen LogP contribution in [0, 0.1) is 0 Å². The highest BCUT2D eigenvalue weighted by atomic mass is 35.5. The number of benzene rings is 2. The minimum absolute atomic E-state index is 0.00224. The molecule has 3 aromatic rings. The van der Waals surface area contributed by atoms with E-state index in [1.165, 1.54) is 16.2 Å². The van der Waals surface area contributed by atoms with Crippen LogP contribution in [0.3, 0.4) is 0 Å². The van der Waals surface area contributed by atoms with Gasteiger partial charge in [0.2, 0.25) is 5.72 Å². The van der Waals surface area contributed by atoms with Gasteiger partial charge in [-0.1, -0.05) is 46.6 Å². The zero-order chi connectivity index (χ0) is 23.2. The fourth-order valence-corrected chi connectivity index (χ4v) is 5.17. The van der Waals surface area contributed by atoms with E-state index in [1.54, 1.807) is 55.5 Å². The molecule has 2 amide bonds. The Bertz CT molecular complexity index is 1340. The number of carbonyl (C=O) groups excluding carboxylic acids is 2. The molecule has 0 aliphatic carbocycles. The highest BCUT2D eigenvalue weighted by Crippen LogP contribution is 2.46. The summed E-state index contributed by atoms with van der Waals surface area (Å²) in [5, 5.41) is 9.95. The highest BCUT2D eigenvalue weighted by molar-refractivity contribution is 7.12. The number of nitrogens with one attached hydrogen (secondary N) is 1. The predicted octanol–water partition coefficient (Wildman–Crippen LogP) is 5.88. The summed E-state index contributed by atoms with van der Waals surface area (Å²) in [5.74, 6) is -1.03. The first kappa shape index (κ1) is 21.7. The molecule has 3 heterocycles.